The van der Waals surface area contributed by atoms with E-state index in [-0.39, 0.29) is 23.1 Å². The maximum atomic E-state index is 9.55. The van der Waals surface area contributed by atoms with Gasteiger partial charge in [0.05, 0.1) is 0 Å². The summed E-state index contributed by atoms with van der Waals surface area (Å²) in [6.07, 6.45) is 1.12. The highest BCUT2D eigenvalue weighted by Gasteiger charge is 1.88. The molecular weight excluding hydrogens is 136 g/mol. The zero-order valence-corrected chi connectivity index (χ0v) is 5.99. The van der Waals surface area contributed by atoms with Crippen LogP contribution >= 0.6 is 0 Å². The summed E-state index contributed by atoms with van der Waals surface area (Å²) >= 11 is 0. The number of carboxylic acids is 2. The summed E-state index contributed by atoms with van der Waals surface area (Å²) in [6.45, 7) is 0. The van der Waals surface area contributed by atoms with Crippen LogP contribution in [0.5, 0.6) is 0 Å². The Morgan fingerprint density at radius 3 is 1.33 bits per heavy atom. The second kappa shape index (κ2) is 5.58. The van der Waals surface area contributed by atoms with Crippen molar-refractivity contribution in [1.29, 1.82) is 0 Å². The average molecular weight is 140 g/mol. The van der Waals surface area contributed by atoms with Crippen LogP contribution in [0.1, 0.15) is 0 Å². The maximum absolute atomic E-state index is 9.55. The zero-order valence-electron chi connectivity index (χ0n) is 4.57. The van der Waals surface area contributed by atoms with Gasteiger partial charge in [-0.2, -0.15) is 0 Å². The predicted octanol–water partition coefficient (Wildman–Crippen LogP) is -0.669. The van der Waals surface area contributed by atoms with Gasteiger partial charge in [-0.15, -0.1) is 0 Å². The van der Waals surface area contributed by atoms with Crippen LogP contribution in [0.4, 0.5) is 0 Å². The van der Waals surface area contributed by atoms with E-state index in [2.05, 4.69) is 0 Å². The Balaban J connectivity index is 0. The third-order valence-corrected chi connectivity index (χ3v) is 0.368. The van der Waals surface area contributed by atoms with Crippen molar-refractivity contribution in [2.75, 3.05) is 0 Å². The molecular formula is C4H4MgO4. The van der Waals surface area contributed by atoms with E-state index in [0.717, 1.165) is 0 Å². The second-order valence-electron chi connectivity index (χ2n) is 1.01. The third kappa shape index (κ3) is 11.2. The molecule has 0 rings (SSSR count). The molecule has 0 atom stereocenters. The van der Waals surface area contributed by atoms with E-state index in [0.29, 0.717) is 12.2 Å². The fraction of sp³-hybridized carbons (Fsp3) is 0. The van der Waals surface area contributed by atoms with E-state index in [1.54, 1.807) is 0 Å². The van der Waals surface area contributed by atoms with Crippen LogP contribution in [-0.4, -0.2) is 45.2 Å². The standard InChI is InChI=1S/C4H4O4.Mg/c5-3(6)1-2-4(7)8;/h1-2H,(H,5,6)(H,7,8);/b2-1-;. The zero-order chi connectivity index (χ0) is 6.57. The lowest BCUT2D eigenvalue weighted by atomic mass is 10.5. The Morgan fingerprint density at radius 2 is 1.22 bits per heavy atom. The molecule has 2 N–H and O–H groups in total. The molecule has 5 heteroatoms. The van der Waals surface area contributed by atoms with Crippen molar-refractivity contribution in [3.8, 4) is 0 Å². The van der Waals surface area contributed by atoms with Crippen LogP contribution in [-0.2, 0) is 9.59 Å². The van der Waals surface area contributed by atoms with Crippen molar-refractivity contribution in [3.63, 3.8) is 0 Å². The molecule has 0 bridgehead atoms. The van der Waals surface area contributed by atoms with Gasteiger partial charge in [0.15, 0.2) is 0 Å². The van der Waals surface area contributed by atoms with E-state index in [1.165, 1.54) is 0 Å². The molecule has 2 radical (unpaired) electrons. The quantitative estimate of drug-likeness (QED) is 0.394. The minimum absolute atomic E-state index is 0. The van der Waals surface area contributed by atoms with Gasteiger partial charge >= 0.3 is 11.9 Å². The minimum Gasteiger partial charge on any atom is -0.478 e. The molecule has 9 heavy (non-hydrogen) atoms. The number of rotatable bonds is 2. The molecule has 0 saturated carbocycles. The van der Waals surface area contributed by atoms with Gasteiger partial charge in [-0.1, -0.05) is 0 Å². The molecule has 0 amide bonds. The lowest BCUT2D eigenvalue weighted by Gasteiger charge is -1.74. The van der Waals surface area contributed by atoms with Gasteiger partial charge < -0.3 is 10.2 Å². The predicted molar refractivity (Wildman–Crippen MR) is 30.2 cm³/mol. The number of aliphatic carboxylic acids is 2. The van der Waals surface area contributed by atoms with Crippen molar-refractivity contribution in [1.82, 2.24) is 0 Å². The average Bonchev–Trinajstić information content (AvgIpc) is 1.61. The molecule has 46 valence electrons. The molecule has 0 heterocycles. The lowest BCUT2D eigenvalue weighted by Crippen LogP contribution is -1.91. The van der Waals surface area contributed by atoms with Crippen LogP contribution in [0, 0.1) is 0 Å². The van der Waals surface area contributed by atoms with Crippen molar-refractivity contribution >= 4 is 35.0 Å². The van der Waals surface area contributed by atoms with Gasteiger partial charge in [-0.3, -0.25) is 0 Å². The summed E-state index contributed by atoms with van der Waals surface area (Å²) in [4.78, 5) is 19.1. The molecule has 0 aromatic heterocycles. The van der Waals surface area contributed by atoms with Gasteiger partial charge in [0.2, 0.25) is 0 Å². The second-order valence-corrected chi connectivity index (χ2v) is 1.01. The SMILES string of the molecule is O=C(O)/C=C\C(=O)O.[Mg]. The fourth-order valence-corrected chi connectivity index (χ4v) is 0.143. The van der Waals surface area contributed by atoms with Crippen molar-refractivity contribution < 1.29 is 19.8 Å². The van der Waals surface area contributed by atoms with Gasteiger partial charge in [0.25, 0.3) is 0 Å². The fourth-order valence-electron chi connectivity index (χ4n) is 0.143. The number of carboxylic acid groups (broad SMARTS) is 2. The number of carbonyl (C=O) groups is 2. The van der Waals surface area contributed by atoms with E-state index in [9.17, 15) is 9.59 Å². The summed E-state index contributed by atoms with van der Waals surface area (Å²) in [5.74, 6) is -2.51. The highest BCUT2D eigenvalue weighted by Crippen LogP contribution is 1.70. The van der Waals surface area contributed by atoms with Gasteiger partial charge in [-0.25, -0.2) is 9.59 Å². The molecule has 0 aliphatic rings. The molecule has 0 aliphatic carbocycles. The smallest absolute Gasteiger partial charge is 0.328 e. The van der Waals surface area contributed by atoms with Crippen LogP contribution < -0.4 is 0 Å². The van der Waals surface area contributed by atoms with E-state index < -0.39 is 11.9 Å². The first-order chi connectivity index (χ1) is 3.63. The van der Waals surface area contributed by atoms with Crippen LogP contribution in [0.15, 0.2) is 12.2 Å². The first-order valence-electron chi connectivity index (χ1n) is 1.77. The third-order valence-electron chi connectivity index (χ3n) is 0.368. The Hall–Kier alpha value is -0.554. The largest absolute Gasteiger partial charge is 0.478 e. The van der Waals surface area contributed by atoms with Crippen molar-refractivity contribution in [2.24, 2.45) is 0 Å². The number of hydrogen-bond acceptors (Lipinski definition) is 2. The Bertz CT molecular complexity index is 124. The highest BCUT2D eigenvalue weighted by atomic mass is 24.3. The van der Waals surface area contributed by atoms with Crippen molar-refractivity contribution in [2.45, 2.75) is 0 Å². The Morgan fingerprint density at radius 1 is 1.00 bits per heavy atom. The summed E-state index contributed by atoms with van der Waals surface area (Å²) in [6, 6.07) is 0. The van der Waals surface area contributed by atoms with Crippen molar-refractivity contribution in [3.05, 3.63) is 12.2 Å². The van der Waals surface area contributed by atoms with Gasteiger partial charge in [-0.05, 0) is 0 Å². The molecule has 4 nitrogen and oxygen atoms in total. The van der Waals surface area contributed by atoms with E-state index in [4.69, 9.17) is 10.2 Å². The molecule has 0 unspecified atom stereocenters. The van der Waals surface area contributed by atoms with Crippen LogP contribution in [0.2, 0.25) is 0 Å². The molecule has 0 fully saturated rings. The van der Waals surface area contributed by atoms with E-state index in [1.807, 2.05) is 0 Å². The van der Waals surface area contributed by atoms with Crippen LogP contribution in [0.3, 0.4) is 0 Å². The lowest BCUT2D eigenvalue weighted by molar-refractivity contribution is -0.134. The summed E-state index contributed by atoms with van der Waals surface area (Å²) in [7, 11) is 0. The van der Waals surface area contributed by atoms with E-state index >= 15 is 0 Å². The monoisotopic (exact) mass is 140 g/mol. The maximum Gasteiger partial charge on any atom is 0.328 e. The minimum atomic E-state index is -1.26. The summed E-state index contributed by atoms with van der Waals surface area (Å²) < 4.78 is 0. The summed E-state index contributed by atoms with van der Waals surface area (Å²) in [5.41, 5.74) is 0. The Kier molecular flexibility index (Phi) is 6.99. The molecule has 0 aliphatic heterocycles. The normalized spacial score (nSPS) is 8.44. The van der Waals surface area contributed by atoms with Crippen LogP contribution in [0.25, 0.3) is 0 Å². The molecule has 0 aromatic rings. The number of hydrogen-bond donors (Lipinski definition) is 2. The topological polar surface area (TPSA) is 74.6 Å². The first-order valence-corrected chi connectivity index (χ1v) is 1.77. The highest BCUT2D eigenvalue weighted by molar-refractivity contribution is 5.89. The molecule has 0 aromatic carbocycles. The summed E-state index contributed by atoms with van der Waals surface area (Å²) in [5, 5.41) is 15.6. The van der Waals surface area contributed by atoms with Gasteiger partial charge in [0, 0.05) is 35.2 Å². The molecule has 0 saturated heterocycles. The first kappa shape index (κ1) is 11.3. The Labute approximate surface area is 67.3 Å². The molecule has 0 spiro atoms. The van der Waals surface area contributed by atoms with Gasteiger partial charge in [0.1, 0.15) is 0 Å².